The number of anilines is 2. The van der Waals surface area contributed by atoms with Crippen molar-refractivity contribution in [2.75, 3.05) is 4.90 Å². The van der Waals surface area contributed by atoms with Crippen molar-refractivity contribution in [3.8, 4) is 0 Å². The van der Waals surface area contributed by atoms with E-state index in [9.17, 15) is 18.8 Å². The lowest BCUT2D eigenvalue weighted by Crippen LogP contribution is -2.45. The van der Waals surface area contributed by atoms with Gasteiger partial charge in [0.25, 0.3) is 5.91 Å². The number of halogens is 1. The number of carbonyl (C=O) groups excluding carboxylic acids is 3. The summed E-state index contributed by atoms with van der Waals surface area (Å²) in [6.45, 7) is 8.80. The minimum Gasteiger partial charge on any atom is -0.458 e. The van der Waals surface area contributed by atoms with Crippen molar-refractivity contribution in [3.63, 3.8) is 0 Å². The molecule has 1 N–H and O–H groups in total. The third-order valence-corrected chi connectivity index (χ3v) is 6.36. The Morgan fingerprint density at radius 2 is 1.83 bits per heavy atom. The fraction of sp³-hybridized carbons (Fsp3) is 0.308. The van der Waals surface area contributed by atoms with Crippen LogP contribution in [-0.4, -0.2) is 28.8 Å². The maximum Gasteiger partial charge on any atom is 0.329 e. The molecule has 3 aromatic rings. The highest BCUT2D eigenvalue weighted by molar-refractivity contribution is 7.14. The third-order valence-electron chi connectivity index (χ3n) is 5.48. The van der Waals surface area contributed by atoms with Crippen molar-refractivity contribution in [3.05, 3.63) is 76.0 Å². The van der Waals surface area contributed by atoms with Gasteiger partial charge in [-0.3, -0.25) is 14.5 Å². The number of rotatable bonds is 8. The van der Waals surface area contributed by atoms with Gasteiger partial charge < -0.3 is 10.1 Å². The molecule has 1 heterocycles. The lowest BCUT2D eigenvalue weighted by atomic mass is 10.0. The SMILES string of the molecule is CC(=O)N(c1ccc(C)c(C)c1)c1nc(COC(=O)[C@@H](NC(=O)c2ccccc2F)C(C)C)cs1. The van der Waals surface area contributed by atoms with E-state index in [1.807, 2.05) is 32.0 Å². The molecular weight excluding hydrogens is 469 g/mol. The number of nitrogens with zero attached hydrogens (tertiary/aromatic N) is 2. The highest BCUT2D eigenvalue weighted by Gasteiger charge is 2.27. The van der Waals surface area contributed by atoms with E-state index in [2.05, 4.69) is 10.3 Å². The maximum atomic E-state index is 13.9. The van der Waals surface area contributed by atoms with Crippen LogP contribution in [0.2, 0.25) is 0 Å². The van der Waals surface area contributed by atoms with Crippen molar-refractivity contribution in [2.45, 2.75) is 47.3 Å². The Labute approximate surface area is 207 Å². The summed E-state index contributed by atoms with van der Waals surface area (Å²) in [6, 6.07) is 10.3. The monoisotopic (exact) mass is 497 g/mol. The van der Waals surface area contributed by atoms with Crippen molar-refractivity contribution < 1.29 is 23.5 Å². The van der Waals surface area contributed by atoms with Gasteiger partial charge >= 0.3 is 5.97 Å². The van der Waals surface area contributed by atoms with Gasteiger partial charge in [0.1, 0.15) is 18.5 Å². The van der Waals surface area contributed by atoms with Crippen LogP contribution in [0.1, 0.15) is 48.0 Å². The first-order chi connectivity index (χ1) is 16.6. The van der Waals surface area contributed by atoms with Crippen LogP contribution in [0.25, 0.3) is 0 Å². The molecule has 1 atom stereocenters. The van der Waals surface area contributed by atoms with Crippen LogP contribution >= 0.6 is 11.3 Å². The van der Waals surface area contributed by atoms with E-state index in [4.69, 9.17) is 4.74 Å². The van der Waals surface area contributed by atoms with Gasteiger partial charge in [-0.2, -0.15) is 0 Å². The van der Waals surface area contributed by atoms with Gasteiger partial charge in [-0.15, -0.1) is 11.3 Å². The van der Waals surface area contributed by atoms with Gasteiger partial charge in [0.05, 0.1) is 16.9 Å². The van der Waals surface area contributed by atoms with Gasteiger partial charge in [0.2, 0.25) is 5.91 Å². The summed E-state index contributed by atoms with van der Waals surface area (Å²) < 4.78 is 19.3. The number of nitrogens with one attached hydrogen (secondary N) is 1. The van der Waals surface area contributed by atoms with Gasteiger partial charge in [0, 0.05) is 12.3 Å². The summed E-state index contributed by atoms with van der Waals surface area (Å²) in [5, 5.41) is 4.72. The van der Waals surface area contributed by atoms with Crippen LogP contribution in [0.5, 0.6) is 0 Å². The first-order valence-corrected chi connectivity index (χ1v) is 12.0. The zero-order valence-corrected chi connectivity index (χ0v) is 21.1. The number of hydrogen-bond donors (Lipinski definition) is 1. The van der Waals surface area contributed by atoms with E-state index in [0.29, 0.717) is 16.5 Å². The molecule has 0 saturated carbocycles. The van der Waals surface area contributed by atoms with Crippen LogP contribution in [0, 0.1) is 25.6 Å². The van der Waals surface area contributed by atoms with Crippen LogP contribution in [0.15, 0.2) is 47.8 Å². The standard InChI is InChI=1S/C26H28FN3O4S/c1-15(2)23(29-24(32)21-8-6-7-9-22(21)27)25(33)34-13-19-14-35-26(28-19)30(18(5)31)20-11-10-16(3)17(4)12-20/h6-12,14-15,23H,13H2,1-5H3,(H,29,32)/t23-/m0/s1. The molecule has 0 saturated heterocycles. The summed E-state index contributed by atoms with van der Waals surface area (Å²) in [5.74, 6) is -2.50. The molecule has 2 amide bonds. The molecule has 2 aromatic carbocycles. The zero-order valence-electron chi connectivity index (χ0n) is 20.3. The molecule has 184 valence electrons. The first kappa shape index (κ1) is 26.0. The van der Waals surface area contributed by atoms with Crippen LogP contribution in [0.4, 0.5) is 15.2 Å². The van der Waals surface area contributed by atoms with E-state index in [1.54, 1.807) is 25.3 Å². The number of ether oxygens (including phenoxy) is 1. The number of aryl methyl sites for hydroxylation is 2. The van der Waals surface area contributed by atoms with Crippen LogP contribution < -0.4 is 10.2 Å². The molecule has 0 unspecified atom stereocenters. The van der Waals surface area contributed by atoms with Crippen molar-refractivity contribution >= 4 is 39.9 Å². The van der Waals surface area contributed by atoms with Gasteiger partial charge in [-0.05, 0) is 55.2 Å². The molecule has 3 rings (SSSR count). The van der Waals surface area contributed by atoms with Crippen molar-refractivity contribution in [1.82, 2.24) is 10.3 Å². The molecule has 0 fully saturated rings. The molecule has 9 heteroatoms. The summed E-state index contributed by atoms with van der Waals surface area (Å²) in [6.07, 6.45) is 0. The highest BCUT2D eigenvalue weighted by Crippen LogP contribution is 2.30. The molecule has 1 aromatic heterocycles. The quantitative estimate of drug-likeness (QED) is 0.439. The smallest absolute Gasteiger partial charge is 0.329 e. The Balaban J connectivity index is 1.69. The van der Waals surface area contributed by atoms with Crippen LogP contribution in [0.3, 0.4) is 0 Å². The predicted octanol–water partition coefficient (Wildman–Crippen LogP) is 5.08. The summed E-state index contributed by atoms with van der Waals surface area (Å²) in [7, 11) is 0. The number of esters is 1. The minimum absolute atomic E-state index is 0.132. The van der Waals surface area contributed by atoms with E-state index >= 15 is 0 Å². The molecule has 0 radical (unpaired) electrons. The van der Waals surface area contributed by atoms with E-state index in [0.717, 1.165) is 11.1 Å². The topological polar surface area (TPSA) is 88.6 Å². The Hall–Kier alpha value is -3.59. The molecule has 0 aliphatic carbocycles. The molecule has 0 aliphatic rings. The number of carbonyl (C=O) groups is 3. The number of amides is 2. The second-order valence-corrected chi connectivity index (χ2v) is 9.36. The fourth-order valence-electron chi connectivity index (χ4n) is 3.35. The van der Waals surface area contributed by atoms with E-state index < -0.39 is 23.7 Å². The Morgan fingerprint density at radius 1 is 1.11 bits per heavy atom. The highest BCUT2D eigenvalue weighted by atomic mass is 32.1. The van der Waals surface area contributed by atoms with Gasteiger partial charge in [-0.25, -0.2) is 14.2 Å². The molecule has 0 bridgehead atoms. The number of benzene rings is 2. The second kappa shape index (κ2) is 11.2. The van der Waals surface area contributed by atoms with Crippen molar-refractivity contribution in [2.24, 2.45) is 5.92 Å². The van der Waals surface area contributed by atoms with Crippen LogP contribution in [-0.2, 0) is 20.9 Å². The first-order valence-electron chi connectivity index (χ1n) is 11.1. The summed E-state index contributed by atoms with van der Waals surface area (Å²) in [5.41, 5.74) is 3.19. The fourth-order valence-corrected chi connectivity index (χ4v) is 4.23. The lowest BCUT2D eigenvalue weighted by Gasteiger charge is -2.21. The average Bonchev–Trinajstić information content (AvgIpc) is 3.26. The average molecular weight is 498 g/mol. The molecule has 0 aliphatic heterocycles. The normalized spacial score (nSPS) is 11.7. The Morgan fingerprint density at radius 3 is 2.46 bits per heavy atom. The van der Waals surface area contributed by atoms with E-state index in [1.165, 1.54) is 41.4 Å². The maximum absolute atomic E-state index is 13.9. The summed E-state index contributed by atoms with van der Waals surface area (Å²) >= 11 is 1.26. The predicted molar refractivity (Wildman–Crippen MR) is 133 cm³/mol. The molecule has 0 spiro atoms. The Kier molecular flexibility index (Phi) is 8.34. The minimum atomic E-state index is -0.968. The third kappa shape index (κ3) is 6.30. The molecule has 7 nitrogen and oxygen atoms in total. The number of aromatic nitrogens is 1. The van der Waals surface area contributed by atoms with Gasteiger partial charge in [-0.1, -0.05) is 32.0 Å². The molecule has 35 heavy (non-hydrogen) atoms. The van der Waals surface area contributed by atoms with E-state index in [-0.39, 0.29) is 24.0 Å². The molecular formula is C26H28FN3O4S. The van der Waals surface area contributed by atoms with Crippen molar-refractivity contribution in [1.29, 1.82) is 0 Å². The number of hydrogen-bond acceptors (Lipinski definition) is 6. The Bertz CT molecular complexity index is 1240. The zero-order chi connectivity index (χ0) is 25.7. The lowest BCUT2D eigenvalue weighted by molar-refractivity contribution is -0.148. The summed E-state index contributed by atoms with van der Waals surface area (Å²) in [4.78, 5) is 43.5. The largest absolute Gasteiger partial charge is 0.458 e. The van der Waals surface area contributed by atoms with Gasteiger partial charge in [0.15, 0.2) is 5.13 Å². The second-order valence-electron chi connectivity index (χ2n) is 8.53. The number of thiazole rings is 1.